The average Bonchev–Trinajstić information content (AvgIpc) is 2.68. The normalized spacial score (nSPS) is 20.8. The SMILES string of the molecule is C=CC1c2ccccc2OC(=O)C1(NC(=O)c1ccc(OC)cc1)C(=O)O. The molecular weight excluding hydrogens is 350 g/mol. The van der Waals surface area contributed by atoms with E-state index in [1.807, 2.05) is 0 Å². The summed E-state index contributed by atoms with van der Waals surface area (Å²) in [5.74, 6) is -3.58. The van der Waals surface area contributed by atoms with E-state index in [0.29, 0.717) is 11.3 Å². The standard InChI is InChI=1S/C20H17NO6/c1-3-15-14-6-4-5-7-16(14)27-19(25)20(15,18(23)24)21-17(22)12-8-10-13(26-2)11-9-12/h3-11,15H,1H2,2H3,(H,21,22)(H,23,24). The lowest BCUT2D eigenvalue weighted by atomic mass is 9.76. The molecule has 7 nitrogen and oxygen atoms in total. The number of amides is 1. The number of hydrogen-bond acceptors (Lipinski definition) is 5. The van der Waals surface area contributed by atoms with Crippen LogP contribution in [-0.4, -0.2) is 35.6 Å². The number of carbonyl (C=O) groups is 3. The van der Waals surface area contributed by atoms with Gasteiger partial charge in [0.05, 0.1) is 13.0 Å². The Morgan fingerprint density at radius 1 is 1.22 bits per heavy atom. The van der Waals surface area contributed by atoms with Crippen molar-refractivity contribution in [2.45, 2.75) is 11.5 Å². The molecule has 7 heteroatoms. The van der Waals surface area contributed by atoms with E-state index in [0.717, 1.165) is 0 Å². The summed E-state index contributed by atoms with van der Waals surface area (Å²) in [5.41, 5.74) is -1.71. The van der Waals surface area contributed by atoms with Crippen LogP contribution in [-0.2, 0) is 9.59 Å². The zero-order valence-electron chi connectivity index (χ0n) is 14.5. The lowest BCUT2D eigenvalue weighted by Gasteiger charge is -2.38. The van der Waals surface area contributed by atoms with Crippen LogP contribution in [0.25, 0.3) is 0 Å². The first-order valence-electron chi connectivity index (χ1n) is 8.07. The molecule has 0 saturated carbocycles. The van der Waals surface area contributed by atoms with Crippen LogP contribution >= 0.6 is 0 Å². The Balaban J connectivity index is 2.04. The number of carboxylic acids is 1. The van der Waals surface area contributed by atoms with E-state index in [1.165, 1.54) is 25.3 Å². The molecule has 1 heterocycles. The molecule has 1 aliphatic heterocycles. The van der Waals surface area contributed by atoms with E-state index in [4.69, 9.17) is 9.47 Å². The molecule has 3 rings (SSSR count). The fourth-order valence-electron chi connectivity index (χ4n) is 3.07. The van der Waals surface area contributed by atoms with Crippen molar-refractivity contribution in [1.82, 2.24) is 5.32 Å². The summed E-state index contributed by atoms with van der Waals surface area (Å²) in [5, 5.41) is 12.2. The highest BCUT2D eigenvalue weighted by molar-refractivity contribution is 6.12. The molecule has 0 bridgehead atoms. The maximum absolute atomic E-state index is 12.7. The monoisotopic (exact) mass is 367 g/mol. The predicted octanol–water partition coefficient (Wildman–Crippen LogP) is 2.14. The number of carbonyl (C=O) groups excluding carboxylic acids is 2. The first kappa shape index (κ1) is 18.2. The third-order valence-corrected chi connectivity index (χ3v) is 4.48. The van der Waals surface area contributed by atoms with Gasteiger partial charge in [-0.2, -0.15) is 0 Å². The Morgan fingerprint density at radius 3 is 2.48 bits per heavy atom. The van der Waals surface area contributed by atoms with E-state index in [1.54, 1.807) is 36.4 Å². The highest BCUT2D eigenvalue weighted by Crippen LogP contribution is 2.41. The first-order valence-corrected chi connectivity index (χ1v) is 8.07. The lowest BCUT2D eigenvalue weighted by Crippen LogP contribution is -2.66. The van der Waals surface area contributed by atoms with Crippen molar-refractivity contribution in [3.8, 4) is 11.5 Å². The number of esters is 1. The number of rotatable bonds is 5. The van der Waals surface area contributed by atoms with Crippen molar-refractivity contribution in [2.75, 3.05) is 7.11 Å². The number of para-hydroxylation sites is 1. The zero-order chi connectivity index (χ0) is 19.6. The number of nitrogens with one attached hydrogen (secondary N) is 1. The van der Waals surface area contributed by atoms with Gasteiger partial charge in [0.2, 0.25) is 5.54 Å². The van der Waals surface area contributed by atoms with E-state index in [9.17, 15) is 19.5 Å². The number of carboxylic acid groups (broad SMARTS) is 1. The fraction of sp³-hybridized carbons (Fsp3) is 0.150. The molecule has 0 saturated heterocycles. The maximum atomic E-state index is 12.7. The van der Waals surface area contributed by atoms with Crippen LogP contribution in [0.5, 0.6) is 11.5 Å². The minimum atomic E-state index is -2.33. The summed E-state index contributed by atoms with van der Waals surface area (Å²) in [6, 6.07) is 12.6. The second kappa shape index (κ2) is 6.95. The Bertz CT molecular complexity index is 920. The maximum Gasteiger partial charge on any atom is 0.350 e. The van der Waals surface area contributed by atoms with Gasteiger partial charge in [-0.1, -0.05) is 24.3 Å². The zero-order valence-corrected chi connectivity index (χ0v) is 14.5. The molecule has 2 N–H and O–H groups in total. The number of methoxy groups -OCH3 is 1. The van der Waals surface area contributed by atoms with E-state index in [-0.39, 0.29) is 11.3 Å². The number of ether oxygens (including phenoxy) is 2. The van der Waals surface area contributed by atoms with Crippen LogP contribution in [0.4, 0.5) is 0 Å². The minimum Gasteiger partial charge on any atom is -0.497 e. The molecule has 0 fully saturated rings. The van der Waals surface area contributed by atoms with Gasteiger partial charge in [0.1, 0.15) is 11.5 Å². The smallest absolute Gasteiger partial charge is 0.350 e. The van der Waals surface area contributed by atoms with Gasteiger partial charge in [0.25, 0.3) is 5.91 Å². The Morgan fingerprint density at radius 2 is 1.89 bits per heavy atom. The second-order valence-corrected chi connectivity index (χ2v) is 5.94. The molecule has 0 radical (unpaired) electrons. The molecule has 1 aliphatic rings. The summed E-state index contributed by atoms with van der Waals surface area (Å²) in [7, 11) is 1.48. The summed E-state index contributed by atoms with van der Waals surface area (Å²) >= 11 is 0. The van der Waals surface area contributed by atoms with Crippen molar-refractivity contribution in [3.05, 3.63) is 72.3 Å². The Labute approximate surface area is 155 Å². The van der Waals surface area contributed by atoms with Crippen LogP contribution in [0.15, 0.2) is 61.2 Å². The van der Waals surface area contributed by atoms with Gasteiger partial charge in [0.15, 0.2) is 0 Å². The molecule has 0 spiro atoms. The third kappa shape index (κ3) is 2.93. The molecule has 27 heavy (non-hydrogen) atoms. The highest BCUT2D eigenvalue weighted by Gasteiger charge is 2.58. The molecule has 2 aromatic carbocycles. The van der Waals surface area contributed by atoms with Gasteiger partial charge < -0.3 is 19.9 Å². The quantitative estimate of drug-likeness (QED) is 0.363. The van der Waals surface area contributed by atoms with Gasteiger partial charge in [-0.05, 0) is 30.3 Å². The summed E-state index contributed by atoms with van der Waals surface area (Å²) in [6.45, 7) is 3.66. The van der Waals surface area contributed by atoms with Crippen LogP contribution < -0.4 is 14.8 Å². The lowest BCUT2D eigenvalue weighted by molar-refractivity contribution is -0.159. The van der Waals surface area contributed by atoms with Gasteiger partial charge in [-0.3, -0.25) is 4.79 Å². The molecule has 2 atom stereocenters. The van der Waals surface area contributed by atoms with Gasteiger partial charge in [-0.25, -0.2) is 9.59 Å². The van der Waals surface area contributed by atoms with E-state index in [2.05, 4.69) is 11.9 Å². The van der Waals surface area contributed by atoms with Crippen LogP contribution in [0.3, 0.4) is 0 Å². The molecule has 0 aromatic heterocycles. The molecule has 1 amide bonds. The van der Waals surface area contributed by atoms with Crippen molar-refractivity contribution >= 4 is 17.8 Å². The Kier molecular flexibility index (Phi) is 4.68. The van der Waals surface area contributed by atoms with Crippen molar-refractivity contribution in [3.63, 3.8) is 0 Å². The summed E-state index contributed by atoms with van der Waals surface area (Å²) in [4.78, 5) is 37.5. The topological polar surface area (TPSA) is 102 Å². The van der Waals surface area contributed by atoms with E-state index < -0.39 is 29.3 Å². The highest BCUT2D eigenvalue weighted by atomic mass is 16.5. The van der Waals surface area contributed by atoms with E-state index >= 15 is 0 Å². The van der Waals surface area contributed by atoms with Gasteiger partial charge in [-0.15, -0.1) is 6.58 Å². The number of hydrogen-bond donors (Lipinski definition) is 2. The fourth-order valence-corrected chi connectivity index (χ4v) is 3.07. The first-order chi connectivity index (χ1) is 12.9. The molecule has 138 valence electrons. The Hall–Kier alpha value is -3.61. The molecule has 2 aromatic rings. The number of benzene rings is 2. The van der Waals surface area contributed by atoms with Gasteiger partial charge >= 0.3 is 11.9 Å². The van der Waals surface area contributed by atoms with Crippen molar-refractivity contribution in [1.29, 1.82) is 0 Å². The third-order valence-electron chi connectivity index (χ3n) is 4.48. The van der Waals surface area contributed by atoms with Crippen LogP contribution in [0.1, 0.15) is 21.8 Å². The van der Waals surface area contributed by atoms with Crippen molar-refractivity contribution < 1.29 is 29.0 Å². The van der Waals surface area contributed by atoms with Gasteiger partial charge in [0, 0.05) is 11.1 Å². The second-order valence-electron chi connectivity index (χ2n) is 5.94. The largest absolute Gasteiger partial charge is 0.497 e. The van der Waals surface area contributed by atoms with Crippen LogP contribution in [0, 0.1) is 0 Å². The van der Waals surface area contributed by atoms with Crippen molar-refractivity contribution in [2.24, 2.45) is 0 Å². The summed E-state index contributed by atoms with van der Waals surface area (Å²) in [6.07, 6.45) is 1.32. The minimum absolute atomic E-state index is 0.172. The molecular formula is C20H17NO6. The molecule has 0 aliphatic carbocycles. The van der Waals surface area contributed by atoms with Crippen LogP contribution in [0.2, 0.25) is 0 Å². The molecule has 2 unspecified atom stereocenters. The predicted molar refractivity (Wildman–Crippen MR) is 95.8 cm³/mol. The number of fused-ring (bicyclic) bond motifs is 1. The average molecular weight is 367 g/mol. The number of aliphatic carboxylic acids is 1. The summed E-state index contributed by atoms with van der Waals surface area (Å²) < 4.78 is 10.2.